The number of carbonyl (C=O) groups is 1. The molecule has 1 aliphatic heterocycles. The molecule has 0 spiro atoms. The smallest absolute Gasteiger partial charge is 0.236 e. The minimum atomic E-state index is -0.326. The Hall–Kier alpha value is -0.650. The Balaban J connectivity index is 2.61. The van der Waals surface area contributed by atoms with Gasteiger partial charge in [0.25, 0.3) is 0 Å². The molecule has 1 saturated heterocycles. The quantitative estimate of drug-likeness (QED) is 0.483. The van der Waals surface area contributed by atoms with Gasteiger partial charge in [-0.1, -0.05) is 0 Å². The average Bonchev–Trinajstić information content (AvgIpc) is 2.16. The van der Waals surface area contributed by atoms with Gasteiger partial charge in [-0.25, -0.2) is 0 Å². The fourth-order valence-corrected chi connectivity index (χ4v) is 1.62. The fraction of sp³-hybridized carbons (Fsp3) is 0.875. The number of nitrogens with one attached hydrogen (secondary N) is 1. The SMILES string of the molecule is C[C@@H](CO)N1CCNCC1C(N)=O. The Bertz CT molecular complexity index is 186. The van der Waals surface area contributed by atoms with Gasteiger partial charge in [0, 0.05) is 25.7 Å². The normalized spacial score (nSPS) is 27.1. The molecule has 1 unspecified atom stereocenters. The van der Waals surface area contributed by atoms with Gasteiger partial charge in [0.2, 0.25) is 5.91 Å². The number of nitrogens with zero attached hydrogens (tertiary/aromatic N) is 1. The Morgan fingerprint density at radius 3 is 3.08 bits per heavy atom. The van der Waals surface area contributed by atoms with Crippen molar-refractivity contribution in [1.29, 1.82) is 0 Å². The summed E-state index contributed by atoms with van der Waals surface area (Å²) in [5, 5.41) is 12.1. The van der Waals surface area contributed by atoms with E-state index in [1.807, 2.05) is 11.8 Å². The van der Waals surface area contributed by atoms with Crippen LogP contribution in [0, 0.1) is 0 Å². The van der Waals surface area contributed by atoms with E-state index in [9.17, 15) is 4.79 Å². The van der Waals surface area contributed by atoms with Crippen molar-refractivity contribution in [3.63, 3.8) is 0 Å². The van der Waals surface area contributed by atoms with E-state index in [0.29, 0.717) is 6.54 Å². The molecule has 1 heterocycles. The van der Waals surface area contributed by atoms with Crippen LogP contribution in [0.1, 0.15) is 6.92 Å². The summed E-state index contributed by atoms with van der Waals surface area (Å²) < 4.78 is 0. The number of rotatable bonds is 3. The van der Waals surface area contributed by atoms with Gasteiger partial charge in [-0.3, -0.25) is 9.69 Å². The van der Waals surface area contributed by atoms with Crippen LogP contribution < -0.4 is 11.1 Å². The molecular weight excluding hydrogens is 170 g/mol. The van der Waals surface area contributed by atoms with Crippen LogP contribution in [-0.4, -0.2) is 54.2 Å². The molecule has 0 aromatic heterocycles. The zero-order valence-electron chi connectivity index (χ0n) is 7.86. The van der Waals surface area contributed by atoms with Gasteiger partial charge in [-0.2, -0.15) is 0 Å². The standard InChI is InChI=1S/C8H17N3O2/c1-6(5-12)11-3-2-10-4-7(11)8(9)13/h6-7,10,12H,2-5H2,1H3,(H2,9,13)/t6-,7?/m0/s1. The van der Waals surface area contributed by atoms with Crippen LogP contribution in [0.3, 0.4) is 0 Å². The number of nitrogens with two attached hydrogens (primary N) is 1. The van der Waals surface area contributed by atoms with Crippen molar-refractivity contribution < 1.29 is 9.90 Å². The van der Waals surface area contributed by atoms with Crippen molar-refractivity contribution in [2.75, 3.05) is 26.2 Å². The third-order valence-electron chi connectivity index (χ3n) is 2.44. The van der Waals surface area contributed by atoms with Gasteiger partial charge < -0.3 is 16.2 Å². The lowest BCUT2D eigenvalue weighted by atomic mass is 10.1. The number of aliphatic hydroxyl groups is 1. The van der Waals surface area contributed by atoms with Gasteiger partial charge in [0.05, 0.1) is 6.61 Å². The lowest BCUT2D eigenvalue weighted by Gasteiger charge is -2.37. The van der Waals surface area contributed by atoms with Crippen molar-refractivity contribution in [2.45, 2.75) is 19.0 Å². The van der Waals surface area contributed by atoms with E-state index in [2.05, 4.69) is 5.32 Å². The van der Waals surface area contributed by atoms with Gasteiger partial charge in [-0.15, -0.1) is 0 Å². The molecule has 1 aliphatic rings. The van der Waals surface area contributed by atoms with E-state index in [0.717, 1.165) is 13.1 Å². The molecule has 0 aromatic rings. The Labute approximate surface area is 77.9 Å². The summed E-state index contributed by atoms with van der Waals surface area (Å²) in [6, 6.07) is -0.282. The minimum Gasteiger partial charge on any atom is -0.395 e. The van der Waals surface area contributed by atoms with Crippen LogP contribution in [0.15, 0.2) is 0 Å². The highest BCUT2D eigenvalue weighted by atomic mass is 16.3. The first-order valence-electron chi connectivity index (χ1n) is 4.53. The van der Waals surface area contributed by atoms with E-state index in [4.69, 9.17) is 10.8 Å². The largest absolute Gasteiger partial charge is 0.395 e. The first-order chi connectivity index (χ1) is 6.16. The Morgan fingerprint density at radius 1 is 1.85 bits per heavy atom. The third-order valence-corrected chi connectivity index (χ3v) is 2.44. The summed E-state index contributed by atoms with van der Waals surface area (Å²) in [7, 11) is 0. The molecule has 4 N–H and O–H groups in total. The van der Waals surface area contributed by atoms with Crippen molar-refractivity contribution in [2.24, 2.45) is 5.73 Å². The second-order valence-electron chi connectivity index (χ2n) is 3.39. The Morgan fingerprint density at radius 2 is 2.54 bits per heavy atom. The summed E-state index contributed by atoms with van der Waals surface area (Å²) >= 11 is 0. The summed E-state index contributed by atoms with van der Waals surface area (Å²) in [5.74, 6) is -0.326. The van der Waals surface area contributed by atoms with E-state index in [-0.39, 0.29) is 24.6 Å². The summed E-state index contributed by atoms with van der Waals surface area (Å²) in [5.41, 5.74) is 5.25. The summed E-state index contributed by atoms with van der Waals surface area (Å²) in [6.07, 6.45) is 0. The molecular formula is C8H17N3O2. The van der Waals surface area contributed by atoms with Crippen molar-refractivity contribution in [3.8, 4) is 0 Å². The molecule has 0 aliphatic carbocycles. The third kappa shape index (κ3) is 2.40. The predicted octanol–water partition coefficient (Wildman–Crippen LogP) is -1.87. The van der Waals surface area contributed by atoms with Gasteiger partial charge in [0.15, 0.2) is 0 Å². The number of amides is 1. The van der Waals surface area contributed by atoms with E-state index >= 15 is 0 Å². The molecule has 1 fully saturated rings. The van der Waals surface area contributed by atoms with Gasteiger partial charge in [-0.05, 0) is 6.92 Å². The second kappa shape index (κ2) is 4.55. The maximum atomic E-state index is 11.0. The first-order valence-corrected chi connectivity index (χ1v) is 4.53. The molecule has 0 saturated carbocycles. The predicted molar refractivity (Wildman–Crippen MR) is 49.1 cm³/mol. The molecule has 0 aromatic carbocycles. The average molecular weight is 187 g/mol. The fourth-order valence-electron chi connectivity index (χ4n) is 1.62. The molecule has 5 nitrogen and oxygen atoms in total. The van der Waals surface area contributed by atoms with Gasteiger partial charge >= 0.3 is 0 Å². The van der Waals surface area contributed by atoms with Crippen LogP contribution in [0.25, 0.3) is 0 Å². The number of piperazine rings is 1. The maximum Gasteiger partial charge on any atom is 0.236 e. The molecule has 1 amide bonds. The summed E-state index contributed by atoms with van der Waals surface area (Å²) in [6.45, 7) is 4.13. The van der Waals surface area contributed by atoms with Crippen LogP contribution in [-0.2, 0) is 4.79 Å². The molecule has 76 valence electrons. The van der Waals surface area contributed by atoms with Crippen LogP contribution in [0.5, 0.6) is 0 Å². The number of aliphatic hydroxyl groups excluding tert-OH is 1. The van der Waals surface area contributed by atoms with E-state index < -0.39 is 0 Å². The zero-order chi connectivity index (χ0) is 9.84. The van der Waals surface area contributed by atoms with Crippen LogP contribution >= 0.6 is 0 Å². The maximum absolute atomic E-state index is 11.0. The zero-order valence-corrected chi connectivity index (χ0v) is 7.86. The topological polar surface area (TPSA) is 78.6 Å². The molecule has 5 heteroatoms. The van der Waals surface area contributed by atoms with Crippen molar-refractivity contribution >= 4 is 5.91 Å². The number of hydrogen-bond donors (Lipinski definition) is 3. The van der Waals surface area contributed by atoms with Crippen LogP contribution in [0.4, 0.5) is 0 Å². The second-order valence-corrected chi connectivity index (χ2v) is 3.39. The highest BCUT2D eigenvalue weighted by Crippen LogP contribution is 2.07. The van der Waals surface area contributed by atoms with Gasteiger partial charge in [0.1, 0.15) is 6.04 Å². The van der Waals surface area contributed by atoms with Crippen LogP contribution in [0.2, 0.25) is 0 Å². The Kier molecular flexibility index (Phi) is 3.65. The van der Waals surface area contributed by atoms with E-state index in [1.54, 1.807) is 0 Å². The first kappa shape index (κ1) is 10.4. The minimum absolute atomic E-state index is 0.000370. The molecule has 0 bridgehead atoms. The monoisotopic (exact) mass is 187 g/mol. The molecule has 0 radical (unpaired) electrons. The lowest BCUT2D eigenvalue weighted by molar-refractivity contribution is -0.125. The molecule has 2 atom stereocenters. The number of primary amides is 1. The number of hydrogen-bond acceptors (Lipinski definition) is 4. The summed E-state index contributed by atoms with van der Waals surface area (Å²) in [4.78, 5) is 13.0. The lowest BCUT2D eigenvalue weighted by Crippen LogP contribution is -2.60. The highest BCUT2D eigenvalue weighted by molar-refractivity contribution is 5.80. The van der Waals surface area contributed by atoms with E-state index in [1.165, 1.54) is 0 Å². The highest BCUT2D eigenvalue weighted by Gasteiger charge is 2.29. The van der Waals surface area contributed by atoms with Crippen molar-refractivity contribution in [1.82, 2.24) is 10.2 Å². The molecule has 1 rings (SSSR count). The van der Waals surface area contributed by atoms with Crippen molar-refractivity contribution in [3.05, 3.63) is 0 Å². The number of carbonyl (C=O) groups excluding carboxylic acids is 1. The molecule has 13 heavy (non-hydrogen) atoms.